The van der Waals surface area contributed by atoms with Crippen LogP contribution in [0.3, 0.4) is 0 Å². The van der Waals surface area contributed by atoms with E-state index in [0.717, 1.165) is 16.9 Å². The fourth-order valence-electron chi connectivity index (χ4n) is 2.04. The Balaban J connectivity index is 1.98. The molecule has 3 aromatic rings. The van der Waals surface area contributed by atoms with Gasteiger partial charge in [0.05, 0.1) is 7.11 Å². The largest absolute Gasteiger partial charge is 0.497 e. The highest BCUT2D eigenvalue weighted by molar-refractivity contribution is 5.76. The maximum atomic E-state index is 5.64. The van der Waals surface area contributed by atoms with Gasteiger partial charge in [-0.25, -0.2) is 4.98 Å². The van der Waals surface area contributed by atoms with Crippen molar-refractivity contribution in [3.8, 4) is 16.9 Å². The molecule has 1 aromatic carbocycles. The first-order valence-corrected chi connectivity index (χ1v) is 6.40. The zero-order valence-corrected chi connectivity index (χ0v) is 11.2. The first-order chi connectivity index (χ1) is 9.80. The van der Waals surface area contributed by atoms with Crippen LogP contribution in [0.15, 0.2) is 40.9 Å². The van der Waals surface area contributed by atoms with E-state index >= 15 is 0 Å². The van der Waals surface area contributed by atoms with Gasteiger partial charge in [-0.15, -0.1) is 0 Å². The number of ether oxygens (including phenoxy) is 1. The van der Waals surface area contributed by atoms with Crippen LogP contribution in [0.4, 0.5) is 0 Å². The number of hydrogen-bond acceptors (Lipinski definition) is 5. The number of hydrogen-bond donors (Lipinski definition) is 1. The van der Waals surface area contributed by atoms with Crippen LogP contribution in [0.5, 0.6) is 5.75 Å². The molecule has 5 heteroatoms. The molecule has 0 spiro atoms. The molecule has 3 rings (SSSR count). The minimum atomic E-state index is 0.512. The lowest BCUT2D eigenvalue weighted by Gasteiger charge is -2.02. The van der Waals surface area contributed by atoms with E-state index in [1.54, 1.807) is 13.3 Å². The van der Waals surface area contributed by atoms with Gasteiger partial charge in [0.25, 0.3) is 0 Å². The predicted octanol–water partition coefficient (Wildman–Crippen LogP) is 2.40. The molecule has 5 nitrogen and oxygen atoms in total. The van der Waals surface area contributed by atoms with Crippen molar-refractivity contribution in [1.29, 1.82) is 0 Å². The number of fused-ring (bicyclic) bond motifs is 1. The highest BCUT2D eigenvalue weighted by atomic mass is 16.5. The summed E-state index contributed by atoms with van der Waals surface area (Å²) in [6, 6.07) is 9.74. The molecule has 2 N–H and O–H groups in total. The van der Waals surface area contributed by atoms with Crippen molar-refractivity contribution in [2.75, 3.05) is 13.7 Å². The van der Waals surface area contributed by atoms with Crippen LogP contribution < -0.4 is 10.5 Å². The second-order valence-corrected chi connectivity index (χ2v) is 4.42. The molecule has 0 amide bonds. The molecule has 0 aliphatic heterocycles. The summed E-state index contributed by atoms with van der Waals surface area (Å²) in [5, 5.41) is 0. The summed E-state index contributed by atoms with van der Waals surface area (Å²) in [4.78, 5) is 8.61. The van der Waals surface area contributed by atoms with Gasteiger partial charge in [-0.3, -0.25) is 0 Å². The molecule has 0 unspecified atom stereocenters. The minimum absolute atomic E-state index is 0.512. The number of aromatic nitrogens is 2. The second kappa shape index (κ2) is 5.30. The molecule has 0 fully saturated rings. The Morgan fingerprint density at radius 3 is 2.70 bits per heavy atom. The smallest absolute Gasteiger partial charge is 0.198 e. The van der Waals surface area contributed by atoms with E-state index in [4.69, 9.17) is 14.9 Å². The highest BCUT2D eigenvalue weighted by Crippen LogP contribution is 2.25. The van der Waals surface area contributed by atoms with Gasteiger partial charge in [0.15, 0.2) is 17.1 Å². The zero-order chi connectivity index (χ0) is 13.9. The standard InChI is InChI=1S/C15H15N3O2/c1-19-12-4-2-10(3-5-12)11-8-13-15(17-9-11)18-14(20-13)6-7-16/h2-5,8-9H,6-7,16H2,1H3. The van der Waals surface area contributed by atoms with Gasteiger partial charge >= 0.3 is 0 Å². The number of nitrogens with two attached hydrogens (primary N) is 1. The summed E-state index contributed by atoms with van der Waals surface area (Å²) in [5.74, 6) is 1.45. The van der Waals surface area contributed by atoms with Crippen molar-refractivity contribution >= 4 is 11.2 Å². The van der Waals surface area contributed by atoms with Crippen molar-refractivity contribution in [2.45, 2.75) is 6.42 Å². The van der Waals surface area contributed by atoms with E-state index in [0.29, 0.717) is 30.1 Å². The molecule has 2 heterocycles. The third kappa shape index (κ3) is 2.35. The highest BCUT2D eigenvalue weighted by Gasteiger charge is 2.08. The Kier molecular flexibility index (Phi) is 3.35. The number of nitrogens with zero attached hydrogens (tertiary/aromatic N) is 2. The Labute approximate surface area is 116 Å². The molecule has 20 heavy (non-hydrogen) atoms. The first-order valence-electron chi connectivity index (χ1n) is 6.40. The number of pyridine rings is 1. The number of rotatable bonds is 4. The lowest BCUT2D eigenvalue weighted by atomic mass is 10.1. The Bertz CT molecular complexity index is 720. The predicted molar refractivity (Wildman–Crippen MR) is 76.6 cm³/mol. The molecule has 102 valence electrons. The van der Waals surface area contributed by atoms with Crippen molar-refractivity contribution in [3.05, 3.63) is 42.4 Å². The number of benzene rings is 1. The third-order valence-electron chi connectivity index (χ3n) is 3.07. The molecule has 0 saturated heterocycles. The summed E-state index contributed by atoms with van der Waals surface area (Å²) >= 11 is 0. The van der Waals surface area contributed by atoms with Crippen LogP contribution in [-0.2, 0) is 6.42 Å². The monoisotopic (exact) mass is 269 g/mol. The van der Waals surface area contributed by atoms with E-state index in [-0.39, 0.29) is 0 Å². The molecule has 0 atom stereocenters. The van der Waals surface area contributed by atoms with Crippen LogP contribution in [0.1, 0.15) is 5.89 Å². The van der Waals surface area contributed by atoms with Gasteiger partial charge in [-0.2, -0.15) is 4.98 Å². The normalized spacial score (nSPS) is 10.9. The van der Waals surface area contributed by atoms with Crippen LogP contribution >= 0.6 is 0 Å². The Morgan fingerprint density at radius 1 is 1.20 bits per heavy atom. The molecule has 0 aliphatic rings. The quantitative estimate of drug-likeness (QED) is 0.787. The molecular formula is C15H15N3O2. The van der Waals surface area contributed by atoms with Crippen LogP contribution in [-0.4, -0.2) is 23.6 Å². The summed E-state index contributed by atoms with van der Waals surface area (Å²) in [6.07, 6.45) is 2.41. The van der Waals surface area contributed by atoms with Gasteiger partial charge in [0.1, 0.15) is 5.75 Å². The second-order valence-electron chi connectivity index (χ2n) is 4.42. The van der Waals surface area contributed by atoms with E-state index in [2.05, 4.69) is 9.97 Å². The fraction of sp³-hybridized carbons (Fsp3) is 0.200. The Hall–Kier alpha value is -2.40. The summed E-state index contributed by atoms with van der Waals surface area (Å²) in [6.45, 7) is 0.512. The first kappa shape index (κ1) is 12.6. The van der Waals surface area contributed by atoms with E-state index in [9.17, 15) is 0 Å². The average molecular weight is 269 g/mol. The van der Waals surface area contributed by atoms with Crippen molar-refractivity contribution < 1.29 is 9.15 Å². The number of methoxy groups -OCH3 is 1. The zero-order valence-electron chi connectivity index (χ0n) is 11.2. The van der Waals surface area contributed by atoms with Gasteiger partial charge in [0, 0.05) is 24.7 Å². The maximum Gasteiger partial charge on any atom is 0.198 e. The van der Waals surface area contributed by atoms with E-state index in [1.165, 1.54) is 0 Å². The maximum absolute atomic E-state index is 5.64. The van der Waals surface area contributed by atoms with Crippen molar-refractivity contribution in [1.82, 2.24) is 9.97 Å². The van der Waals surface area contributed by atoms with Crippen molar-refractivity contribution in [3.63, 3.8) is 0 Å². The van der Waals surface area contributed by atoms with Crippen LogP contribution in [0.2, 0.25) is 0 Å². The summed E-state index contributed by atoms with van der Waals surface area (Å²) in [7, 11) is 1.65. The molecule has 2 aromatic heterocycles. The molecular weight excluding hydrogens is 254 g/mol. The molecule has 0 bridgehead atoms. The summed E-state index contributed by atoms with van der Waals surface area (Å²) < 4.78 is 10.8. The average Bonchev–Trinajstić information content (AvgIpc) is 2.89. The lowest BCUT2D eigenvalue weighted by molar-refractivity contribution is 0.415. The molecule has 0 aliphatic carbocycles. The van der Waals surface area contributed by atoms with Gasteiger partial charge < -0.3 is 14.9 Å². The minimum Gasteiger partial charge on any atom is -0.497 e. The topological polar surface area (TPSA) is 74.2 Å². The summed E-state index contributed by atoms with van der Waals surface area (Å²) in [5.41, 5.74) is 8.83. The van der Waals surface area contributed by atoms with E-state index in [1.807, 2.05) is 30.3 Å². The SMILES string of the molecule is COc1ccc(-c2cnc3nc(CCN)oc3c2)cc1. The van der Waals surface area contributed by atoms with E-state index < -0.39 is 0 Å². The third-order valence-corrected chi connectivity index (χ3v) is 3.07. The molecule has 0 radical (unpaired) electrons. The van der Waals surface area contributed by atoms with Crippen LogP contribution in [0, 0.1) is 0 Å². The van der Waals surface area contributed by atoms with Gasteiger partial charge in [-0.1, -0.05) is 12.1 Å². The van der Waals surface area contributed by atoms with Crippen molar-refractivity contribution in [2.24, 2.45) is 5.73 Å². The fourth-order valence-corrected chi connectivity index (χ4v) is 2.04. The Morgan fingerprint density at radius 2 is 2.00 bits per heavy atom. The van der Waals surface area contributed by atoms with Gasteiger partial charge in [-0.05, 0) is 23.8 Å². The number of oxazole rings is 1. The van der Waals surface area contributed by atoms with Gasteiger partial charge in [0.2, 0.25) is 0 Å². The van der Waals surface area contributed by atoms with Crippen LogP contribution in [0.25, 0.3) is 22.4 Å². The lowest BCUT2D eigenvalue weighted by Crippen LogP contribution is -2.02. The molecule has 0 saturated carbocycles.